The quantitative estimate of drug-likeness (QED) is 0.583. The molecular weight excluding hydrogens is 307 g/mol. The maximum atomic E-state index is 4.71. The van der Waals surface area contributed by atoms with Crippen molar-refractivity contribution in [2.75, 3.05) is 19.0 Å². The number of rotatable bonds is 1. The number of nitrogens with zero attached hydrogens (tertiary/aromatic N) is 2. The Bertz CT molecular complexity index is 357. The van der Waals surface area contributed by atoms with Gasteiger partial charge in [-0.05, 0) is 13.3 Å². The molecule has 78 valence electrons. The number of alkyl halides is 1. The van der Waals surface area contributed by atoms with Gasteiger partial charge in [0.1, 0.15) is 0 Å². The number of aromatic nitrogens is 1. The summed E-state index contributed by atoms with van der Waals surface area (Å²) in [5.74, 6) is 0.586. The zero-order valence-electron chi connectivity index (χ0n) is 8.97. The second-order valence-electron chi connectivity index (χ2n) is 4.38. The normalized spacial score (nSPS) is 30.5. The number of hydrogen-bond acceptors (Lipinski definition) is 3. The number of thiazole rings is 1. The summed E-state index contributed by atoms with van der Waals surface area (Å²) >= 11 is 4.41. The van der Waals surface area contributed by atoms with Gasteiger partial charge in [-0.25, -0.2) is 4.98 Å². The smallest absolute Gasteiger partial charge is 0.185 e. The average molecular weight is 322 g/mol. The summed E-state index contributed by atoms with van der Waals surface area (Å²) in [6.07, 6.45) is 1.18. The molecule has 2 rings (SSSR count). The third-order valence-electron chi connectivity index (χ3n) is 2.92. The van der Waals surface area contributed by atoms with Crippen LogP contribution in [0.1, 0.15) is 30.3 Å². The van der Waals surface area contributed by atoms with Crippen LogP contribution in [0, 0.1) is 0 Å². The maximum Gasteiger partial charge on any atom is 0.185 e. The Morgan fingerprint density at radius 1 is 1.57 bits per heavy atom. The van der Waals surface area contributed by atoms with Gasteiger partial charge in [0.25, 0.3) is 0 Å². The Labute approximate surface area is 103 Å². The molecule has 0 saturated heterocycles. The molecule has 4 heteroatoms. The van der Waals surface area contributed by atoms with Gasteiger partial charge in [0.05, 0.1) is 5.69 Å². The summed E-state index contributed by atoms with van der Waals surface area (Å²) in [6, 6.07) is 0. The van der Waals surface area contributed by atoms with E-state index in [1.165, 1.54) is 17.0 Å². The standard InChI is InChI=1S/C10H15IN2S/c1-6-8-7(5-10(6,2)11)14-9(12-8)13(3)4/h6H,5H2,1-4H3. The number of hydrogen-bond donors (Lipinski definition) is 0. The Morgan fingerprint density at radius 3 is 2.71 bits per heavy atom. The van der Waals surface area contributed by atoms with Gasteiger partial charge >= 0.3 is 0 Å². The topological polar surface area (TPSA) is 16.1 Å². The highest BCUT2D eigenvalue weighted by atomic mass is 127. The molecule has 0 spiro atoms. The lowest BCUT2D eigenvalue weighted by Gasteiger charge is -2.21. The summed E-state index contributed by atoms with van der Waals surface area (Å²) in [5, 5.41) is 1.15. The van der Waals surface area contributed by atoms with Crippen molar-refractivity contribution in [3.63, 3.8) is 0 Å². The van der Waals surface area contributed by atoms with E-state index in [2.05, 4.69) is 55.4 Å². The van der Waals surface area contributed by atoms with Crippen LogP contribution in [0.5, 0.6) is 0 Å². The van der Waals surface area contributed by atoms with Crippen molar-refractivity contribution in [2.24, 2.45) is 0 Å². The molecule has 2 unspecified atom stereocenters. The average Bonchev–Trinajstić information content (AvgIpc) is 2.53. The largest absolute Gasteiger partial charge is 0.354 e. The number of halogens is 1. The van der Waals surface area contributed by atoms with Gasteiger partial charge in [-0.3, -0.25) is 0 Å². The van der Waals surface area contributed by atoms with E-state index in [9.17, 15) is 0 Å². The second-order valence-corrected chi connectivity index (χ2v) is 7.90. The Morgan fingerprint density at radius 2 is 2.21 bits per heavy atom. The summed E-state index contributed by atoms with van der Waals surface area (Å²) in [7, 11) is 4.11. The summed E-state index contributed by atoms with van der Waals surface area (Å²) in [6.45, 7) is 4.61. The zero-order valence-corrected chi connectivity index (χ0v) is 11.9. The Kier molecular flexibility index (Phi) is 2.54. The van der Waals surface area contributed by atoms with Crippen molar-refractivity contribution in [3.05, 3.63) is 10.6 Å². The van der Waals surface area contributed by atoms with Crippen LogP contribution in [0.3, 0.4) is 0 Å². The van der Waals surface area contributed by atoms with Gasteiger partial charge in [0.2, 0.25) is 0 Å². The van der Waals surface area contributed by atoms with Gasteiger partial charge in [0.15, 0.2) is 5.13 Å². The first-order valence-electron chi connectivity index (χ1n) is 4.77. The zero-order chi connectivity index (χ0) is 10.5. The lowest BCUT2D eigenvalue weighted by molar-refractivity contribution is 0.607. The molecule has 0 radical (unpaired) electrons. The van der Waals surface area contributed by atoms with Crippen LogP contribution >= 0.6 is 33.9 Å². The van der Waals surface area contributed by atoms with Crippen LogP contribution in [0.25, 0.3) is 0 Å². The lowest BCUT2D eigenvalue weighted by atomic mass is 9.99. The first-order chi connectivity index (χ1) is 6.42. The second kappa shape index (κ2) is 3.33. The van der Waals surface area contributed by atoms with Crippen LogP contribution in [0.4, 0.5) is 5.13 Å². The SMILES string of the molecule is CC1c2nc(N(C)C)sc2CC1(C)I. The van der Waals surface area contributed by atoms with E-state index in [-0.39, 0.29) is 0 Å². The predicted molar refractivity (Wildman–Crippen MR) is 71.0 cm³/mol. The number of fused-ring (bicyclic) bond motifs is 1. The summed E-state index contributed by atoms with van der Waals surface area (Å²) in [4.78, 5) is 8.29. The third kappa shape index (κ3) is 1.56. The van der Waals surface area contributed by atoms with Crippen molar-refractivity contribution in [3.8, 4) is 0 Å². The molecule has 0 amide bonds. The first kappa shape index (κ1) is 10.7. The van der Waals surface area contributed by atoms with Crippen LogP contribution in [0.2, 0.25) is 0 Å². The third-order valence-corrected chi connectivity index (χ3v) is 5.47. The molecule has 0 aliphatic heterocycles. The molecule has 2 atom stereocenters. The highest BCUT2D eigenvalue weighted by Gasteiger charge is 2.40. The van der Waals surface area contributed by atoms with Crippen molar-refractivity contribution >= 4 is 39.1 Å². The molecule has 0 bridgehead atoms. The molecule has 0 fully saturated rings. The molecule has 1 aliphatic carbocycles. The van der Waals surface area contributed by atoms with E-state index in [1.54, 1.807) is 0 Å². The highest BCUT2D eigenvalue weighted by molar-refractivity contribution is 14.1. The molecular formula is C10H15IN2S. The van der Waals surface area contributed by atoms with E-state index < -0.39 is 0 Å². The van der Waals surface area contributed by atoms with Gasteiger partial charge < -0.3 is 4.90 Å². The molecule has 1 aromatic heterocycles. The molecule has 0 saturated carbocycles. The van der Waals surface area contributed by atoms with E-state index in [1.807, 2.05) is 11.3 Å². The molecule has 14 heavy (non-hydrogen) atoms. The molecule has 0 N–H and O–H groups in total. The predicted octanol–water partition coefficient (Wildman–Crippen LogP) is 3.06. The maximum absolute atomic E-state index is 4.71. The lowest BCUT2D eigenvalue weighted by Crippen LogP contribution is -2.20. The fourth-order valence-electron chi connectivity index (χ4n) is 1.76. The van der Waals surface area contributed by atoms with Crippen molar-refractivity contribution in [1.29, 1.82) is 0 Å². The Balaban J connectivity index is 2.37. The van der Waals surface area contributed by atoms with E-state index in [0.29, 0.717) is 9.34 Å². The minimum Gasteiger partial charge on any atom is -0.354 e. The van der Waals surface area contributed by atoms with Crippen LogP contribution in [-0.4, -0.2) is 22.5 Å². The minimum absolute atomic E-state index is 0.372. The van der Waals surface area contributed by atoms with Crippen molar-refractivity contribution < 1.29 is 0 Å². The van der Waals surface area contributed by atoms with Gasteiger partial charge in [-0.1, -0.05) is 29.5 Å². The molecule has 2 nitrogen and oxygen atoms in total. The molecule has 1 heterocycles. The number of anilines is 1. The van der Waals surface area contributed by atoms with E-state index in [0.717, 1.165) is 5.13 Å². The first-order valence-corrected chi connectivity index (χ1v) is 6.67. The van der Waals surface area contributed by atoms with Gasteiger partial charge in [-0.15, -0.1) is 11.3 Å². The van der Waals surface area contributed by atoms with E-state index >= 15 is 0 Å². The van der Waals surface area contributed by atoms with Gasteiger partial charge in [-0.2, -0.15) is 0 Å². The summed E-state index contributed by atoms with van der Waals surface area (Å²) in [5.41, 5.74) is 1.33. The fraction of sp³-hybridized carbons (Fsp3) is 0.700. The minimum atomic E-state index is 0.372. The van der Waals surface area contributed by atoms with Crippen molar-refractivity contribution in [2.45, 2.75) is 29.6 Å². The Hall–Kier alpha value is 0.160. The van der Waals surface area contributed by atoms with E-state index in [4.69, 9.17) is 4.98 Å². The van der Waals surface area contributed by atoms with Crippen LogP contribution in [0.15, 0.2) is 0 Å². The molecule has 1 aromatic rings. The molecule has 0 aromatic carbocycles. The monoisotopic (exact) mass is 322 g/mol. The summed E-state index contributed by atoms with van der Waals surface area (Å²) < 4.78 is 0.372. The molecule has 1 aliphatic rings. The fourth-order valence-corrected chi connectivity index (χ4v) is 3.94. The van der Waals surface area contributed by atoms with Crippen LogP contribution < -0.4 is 4.90 Å². The van der Waals surface area contributed by atoms with Crippen molar-refractivity contribution in [1.82, 2.24) is 4.98 Å². The van der Waals surface area contributed by atoms with Gasteiger partial charge in [0, 0.05) is 28.3 Å². The highest BCUT2D eigenvalue weighted by Crippen LogP contribution is 2.49. The van der Waals surface area contributed by atoms with Crippen LogP contribution in [-0.2, 0) is 6.42 Å².